The van der Waals surface area contributed by atoms with E-state index in [1.54, 1.807) is 6.07 Å². The number of carbonyl (C=O) groups is 2. The van der Waals surface area contributed by atoms with Gasteiger partial charge in [-0.2, -0.15) is 0 Å². The Morgan fingerprint density at radius 3 is 2.64 bits per heavy atom. The van der Waals surface area contributed by atoms with Crippen molar-refractivity contribution in [2.24, 2.45) is 0 Å². The summed E-state index contributed by atoms with van der Waals surface area (Å²) in [7, 11) is 0. The molecule has 5 nitrogen and oxygen atoms in total. The molecule has 1 N–H and O–H groups in total. The van der Waals surface area contributed by atoms with Crippen molar-refractivity contribution in [1.29, 1.82) is 0 Å². The second kappa shape index (κ2) is 7.29. The van der Waals surface area contributed by atoms with Gasteiger partial charge in [0.2, 0.25) is 0 Å². The highest BCUT2D eigenvalue weighted by Gasteiger charge is 2.29. The number of hydrogen-bond acceptors (Lipinski definition) is 3. The Morgan fingerprint density at radius 2 is 2.00 bits per heavy atom. The van der Waals surface area contributed by atoms with E-state index in [2.05, 4.69) is 6.92 Å². The monoisotopic (exact) mass is 305 g/mol. The number of amides is 1. The van der Waals surface area contributed by atoms with Gasteiger partial charge in [0, 0.05) is 18.2 Å². The molecule has 1 aliphatic rings. The third kappa shape index (κ3) is 3.59. The van der Waals surface area contributed by atoms with Crippen LogP contribution in [0.25, 0.3) is 0 Å². The fourth-order valence-electron chi connectivity index (χ4n) is 3.00. The van der Waals surface area contributed by atoms with Crippen molar-refractivity contribution >= 4 is 11.9 Å². The van der Waals surface area contributed by atoms with Crippen molar-refractivity contribution in [3.05, 3.63) is 29.3 Å². The summed E-state index contributed by atoms with van der Waals surface area (Å²) in [6.07, 6.45) is 4.06. The van der Waals surface area contributed by atoms with Crippen LogP contribution in [-0.2, 0) is 0 Å². The maximum Gasteiger partial charge on any atom is 0.335 e. The van der Waals surface area contributed by atoms with Gasteiger partial charge in [-0.25, -0.2) is 4.79 Å². The normalized spacial score (nSPS) is 17.5. The summed E-state index contributed by atoms with van der Waals surface area (Å²) in [5, 5.41) is 9.20. The predicted molar refractivity (Wildman–Crippen MR) is 83.5 cm³/mol. The van der Waals surface area contributed by atoms with Gasteiger partial charge in [0.25, 0.3) is 5.91 Å². The standard InChI is InChI=1S/C17H23NO4/c1-3-6-14-7-5-8-18(14)16(19)12-9-13(17(20)21)11-15(10-12)22-4-2/h9-11,14H,3-8H2,1-2H3,(H,20,21)/t14-/m0/s1. The van der Waals surface area contributed by atoms with Crippen LogP contribution < -0.4 is 4.74 Å². The lowest BCUT2D eigenvalue weighted by Gasteiger charge is -2.24. The molecule has 1 aliphatic heterocycles. The summed E-state index contributed by atoms with van der Waals surface area (Å²) < 4.78 is 5.39. The van der Waals surface area contributed by atoms with Crippen LogP contribution >= 0.6 is 0 Å². The Morgan fingerprint density at radius 1 is 1.27 bits per heavy atom. The first-order valence-electron chi connectivity index (χ1n) is 7.89. The van der Waals surface area contributed by atoms with Gasteiger partial charge in [0.15, 0.2) is 0 Å². The van der Waals surface area contributed by atoms with Crippen LogP contribution in [-0.4, -0.2) is 41.1 Å². The fraction of sp³-hybridized carbons (Fsp3) is 0.529. The second-order valence-corrected chi connectivity index (χ2v) is 5.57. The molecule has 0 saturated carbocycles. The van der Waals surface area contributed by atoms with Crippen molar-refractivity contribution in [3.63, 3.8) is 0 Å². The molecule has 0 bridgehead atoms. The van der Waals surface area contributed by atoms with Crippen LogP contribution in [0.4, 0.5) is 0 Å². The van der Waals surface area contributed by atoms with E-state index in [-0.39, 0.29) is 17.5 Å². The highest BCUT2D eigenvalue weighted by atomic mass is 16.5. The smallest absolute Gasteiger partial charge is 0.335 e. The lowest BCUT2D eigenvalue weighted by atomic mass is 10.1. The minimum atomic E-state index is -1.05. The van der Waals surface area contributed by atoms with Gasteiger partial charge in [-0.15, -0.1) is 0 Å². The molecule has 5 heteroatoms. The van der Waals surface area contributed by atoms with Gasteiger partial charge in [-0.3, -0.25) is 4.79 Å². The average Bonchev–Trinajstić information content (AvgIpc) is 2.95. The molecule has 22 heavy (non-hydrogen) atoms. The minimum absolute atomic E-state index is 0.0838. The Labute approximate surface area is 130 Å². The number of nitrogens with zero attached hydrogens (tertiary/aromatic N) is 1. The van der Waals surface area contributed by atoms with E-state index in [1.807, 2.05) is 11.8 Å². The van der Waals surface area contributed by atoms with Gasteiger partial charge < -0.3 is 14.7 Å². The number of aromatic carboxylic acids is 1. The highest BCUT2D eigenvalue weighted by Crippen LogP contribution is 2.25. The van der Waals surface area contributed by atoms with Crippen molar-refractivity contribution < 1.29 is 19.4 Å². The quantitative estimate of drug-likeness (QED) is 0.876. The van der Waals surface area contributed by atoms with Gasteiger partial charge in [0.05, 0.1) is 12.2 Å². The van der Waals surface area contributed by atoms with E-state index in [4.69, 9.17) is 4.74 Å². The van der Waals surface area contributed by atoms with Gasteiger partial charge in [0.1, 0.15) is 5.75 Å². The summed E-state index contributed by atoms with van der Waals surface area (Å²) in [5.41, 5.74) is 0.479. The first kappa shape index (κ1) is 16.3. The zero-order valence-corrected chi connectivity index (χ0v) is 13.2. The molecule has 2 rings (SSSR count). The number of rotatable bonds is 6. The molecular weight excluding hydrogens is 282 g/mol. The molecule has 1 fully saturated rings. The number of carboxylic acid groups (broad SMARTS) is 1. The molecule has 1 atom stereocenters. The first-order valence-corrected chi connectivity index (χ1v) is 7.89. The molecule has 1 heterocycles. The van der Waals surface area contributed by atoms with Crippen molar-refractivity contribution in [3.8, 4) is 5.75 Å². The van der Waals surface area contributed by atoms with Crippen LogP contribution in [0.5, 0.6) is 5.75 Å². The molecule has 1 aromatic rings. The van der Waals surface area contributed by atoms with Gasteiger partial charge >= 0.3 is 5.97 Å². The molecule has 0 aromatic heterocycles. The van der Waals surface area contributed by atoms with Crippen LogP contribution in [0.3, 0.4) is 0 Å². The van der Waals surface area contributed by atoms with Crippen molar-refractivity contribution in [1.82, 2.24) is 4.90 Å². The molecule has 0 unspecified atom stereocenters. The highest BCUT2D eigenvalue weighted by molar-refractivity contribution is 5.98. The average molecular weight is 305 g/mol. The SMILES string of the molecule is CCC[C@H]1CCCN1C(=O)c1cc(OCC)cc(C(=O)O)c1. The van der Waals surface area contributed by atoms with Crippen LogP contribution in [0, 0.1) is 0 Å². The number of hydrogen-bond donors (Lipinski definition) is 1. The van der Waals surface area contributed by atoms with E-state index in [0.29, 0.717) is 17.9 Å². The molecule has 0 radical (unpaired) electrons. The second-order valence-electron chi connectivity index (χ2n) is 5.57. The summed E-state index contributed by atoms with van der Waals surface area (Å²) in [4.78, 5) is 25.9. The Balaban J connectivity index is 2.29. The van der Waals surface area contributed by atoms with Crippen molar-refractivity contribution in [2.45, 2.75) is 45.6 Å². The van der Waals surface area contributed by atoms with E-state index in [9.17, 15) is 14.7 Å². The molecule has 120 valence electrons. The third-order valence-corrected chi connectivity index (χ3v) is 3.97. The topological polar surface area (TPSA) is 66.8 Å². The number of carboxylic acids is 1. The van der Waals surface area contributed by atoms with Gasteiger partial charge in [-0.1, -0.05) is 13.3 Å². The van der Waals surface area contributed by atoms with E-state index >= 15 is 0 Å². The largest absolute Gasteiger partial charge is 0.494 e. The zero-order valence-electron chi connectivity index (χ0n) is 13.2. The van der Waals surface area contributed by atoms with Crippen LogP contribution in [0.2, 0.25) is 0 Å². The number of benzene rings is 1. The molecule has 1 saturated heterocycles. The summed E-state index contributed by atoms with van der Waals surface area (Å²) >= 11 is 0. The Bertz CT molecular complexity index is 556. The summed E-state index contributed by atoms with van der Waals surface area (Å²) in [6, 6.07) is 4.80. The van der Waals surface area contributed by atoms with Crippen molar-refractivity contribution in [2.75, 3.05) is 13.2 Å². The Kier molecular flexibility index (Phi) is 5.41. The number of ether oxygens (including phenoxy) is 1. The first-order chi connectivity index (χ1) is 10.6. The molecule has 1 amide bonds. The van der Waals surface area contributed by atoms with Crippen LogP contribution in [0.15, 0.2) is 18.2 Å². The lowest BCUT2D eigenvalue weighted by Crippen LogP contribution is -2.35. The minimum Gasteiger partial charge on any atom is -0.494 e. The van der Waals surface area contributed by atoms with E-state index < -0.39 is 5.97 Å². The molecule has 0 spiro atoms. The maximum absolute atomic E-state index is 12.7. The zero-order chi connectivity index (χ0) is 16.1. The molecular formula is C17H23NO4. The van der Waals surface area contributed by atoms with E-state index in [1.165, 1.54) is 12.1 Å². The fourth-order valence-corrected chi connectivity index (χ4v) is 3.00. The molecule has 0 aliphatic carbocycles. The molecule has 1 aromatic carbocycles. The van der Waals surface area contributed by atoms with E-state index in [0.717, 1.165) is 32.2 Å². The number of carbonyl (C=O) groups excluding carboxylic acids is 1. The summed E-state index contributed by atoms with van der Waals surface area (Å²) in [6.45, 7) is 5.11. The number of likely N-dealkylation sites (tertiary alicyclic amines) is 1. The predicted octanol–water partition coefficient (Wildman–Crippen LogP) is 3.19. The summed E-state index contributed by atoms with van der Waals surface area (Å²) in [5.74, 6) is -0.723. The van der Waals surface area contributed by atoms with Gasteiger partial charge in [-0.05, 0) is 44.4 Å². The third-order valence-electron chi connectivity index (χ3n) is 3.97. The van der Waals surface area contributed by atoms with Crippen LogP contribution in [0.1, 0.15) is 60.2 Å². The maximum atomic E-state index is 12.7. The lowest BCUT2D eigenvalue weighted by molar-refractivity contribution is 0.0696. The Hall–Kier alpha value is -2.04.